The van der Waals surface area contributed by atoms with Gasteiger partial charge in [0.25, 0.3) is 0 Å². The Kier molecular flexibility index (Phi) is 6.85. The maximum atomic E-state index is 13.2. The average Bonchev–Trinajstić information content (AvgIpc) is 3.48. The number of nitrogens with zero attached hydrogens (tertiary/aromatic N) is 5. The molecule has 34 heavy (non-hydrogen) atoms. The summed E-state index contributed by atoms with van der Waals surface area (Å²) in [5.41, 5.74) is 2.62. The SMILES string of the molecule is COCCn1c(SCC(=O)N(Cc2nnc(-c3ccccc3Cl)o2)C2CC2)nc2ccccc21. The van der Waals surface area contributed by atoms with E-state index in [1.54, 1.807) is 13.2 Å². The number of amides is 1. The monoisotopic (exact) mass is 497 g/mol. The molecule has 0 bridgehead atoms. The summed E-state index contributed by atoms with van der Waals surface area (Å²) in [4.78, 5) is 19.8. The van der Waals surface area contributed by atoms with Gasteiger partial charge in [-0.25, -0.2) is 4.98 Å². The summed E-state index contributed by atoms with van der Waals surface area (Å²) in [6.45, 7) is 1.52. The number of fused-ring (bicyclic) bond motifs is 1. The first kappa shape index (κ1) is 22.9. The van der Waals surface area contributed by atoms with Crippen LogP contribution in [0, 0.1) is 0 Å². The highest BCUT2D eigenvalue weighted by molar-refractivity contribution is 7.99. The molecule has 0 aliphatic heterocycles. The number of halogens is 1. The highest BCUT2D eigenvalue weighted by Crippen LogP contribution is 2.32. The summed E-state index contributed by atoms with van der Waals surface area (Å²) in [5, 5.41) is 9.63. The number of aromatic nitrogens is 4. The van der Waals surface area contributed by atoms with Crippen molar-refractivity contribution < 1.29 is 13.9 Å². The van der Waals surface area contributed by atoms with E-state index < -0.39 is 0 Å². The predicted octanol–water partition coefficient (Wildman–Crippen LogP) is 4.67. The van der Waals surface area contributed by atoms with E-state index in [0.717, 1.165) is 29.0 Å². The fourth-order valence-corrected chi connectivity index (χ4v) is 4.93. The van der Waals surface area contributed by atoms with Gasteiger partial charge in [0.1, 0.15) is 0 Å². The van der Waals surface area contributed by atoms with E-state index in [2.05, 4.69) is 14.8 Å². The van der Waals surface area contributed by atoms with Crippen molar-refractivity contribution in [3.63, 3.8) is 0 Å². The van der Waals surface area contributed by atoms with Gasteiger partial charge in [0.2, 0.25) is 17.7 Å². The van der Waals surface area contributed by atoms with Crippen molar-refractivity contribution >= 4 is 40.3 Å². The minimum atomic E-state index is 0.0235. The highest BCUT2D eigenvalue weighted by Gasteiger charge is 2.34. The van der Waals surface area contributed by atoms with Gasteiger partial charge in [-0.15, -0.1) is 10.2 Å². The Balaban J connectivity index is 1.29. The molecule has 1 aliphatic carbocycles. The molecule has 0 saturated heterocycles. The number of carbonyl (C=O) groups excluding carboxylic acids is 1. The number of rotatable bonds is 10. The van der Waals surface area contributed by atoms with Gasteiger partial charge in [0.15, 0.2) is 5.16 Å². The third-order valence-corrected chi connectivity index (χ3v) is 6.94. The van der Waals surface area contributed by atoms with Crippen LogP contribution in [-0.2, 0) is 22.6 Å². The van der Waals surface area contributed by atoms with E-state index in [1.807, 2.05) is 47.4 Å². The number of hydrogen-bond acceptors (Lipinski definition) is 7. The van der Waals surface area contributed by atoms with Crippen molar-refractivity contribution in [3.8, 4) is 11.5 Å². The van der Waals surface area contributed by atoms with Gasteiger partial charge in [0.05, 0.1) is 40.5 Å². The lowest BCUT2D eigenvalue weighted by atomic mass is 10.2. The molecule has 5 rings (SSSR count). The molecular weight excluding hydrogens is 474 g/mol. The molecule has 0 unspecified atom stereocenters. The number of carbonyl (C=O) groups is 1. The zero-order chi connectivity index (χ0) is 23.5. The molecule has 176 valence electrons. The summed E-state index contributed by atoms with van der Waals surface area (Å²) in [6, 6.07) is 15.5. The summed E-state index contributed by atoms with van der Waals surface area (Å²) in [6.07, 6.45) is 1.96. The van der Waals surface area contributed by atoms with Crippen molar-refractivity contribution in [3.05, 3.63) is 59.4 Å². The number of ether oxygens (including phenoxy) is 1. The van der Waals surface area contributed by atoms with E-state index in [-0.39, 0.29) is 24.2 Å². The van der Waals surface area contributed by atoms with Crippen molar-refractivity contribution in [2.45, 2.75) is 37.1 Å². The molecule has 4 aromatic rings. The Hall–Kier alpha value is -2.88. The minimum absolute atomic E-state index is 0.0235. The minimum Gasteiger partial charge on any atom is -0.419 e. The smallest absolute Gasteiger partial charge is 0.249 e. The second kappa shape index (κ2) is 10.2. The molecule has 8 nitrogen and oxygen atoms in total. The van der Waals surface area contributed by atoms with Crippen LogP contribution in [-0.4, -0.2) is 56.1 Å². The molecule has 0 spiro atoms. The second-order valence-corrected chi connectivity index (χ2v) is 9.40. The van der Waals surface area contributed by atoms with Crippen LogP contribution in [0.15, 0.2) is 58.1 Å². The summed E-state index contributed by atoms with van der Waals surface area (Å²) in [5.74, 6) is 1.05. The van der Waals surface area contributed by atoms with Crippen LogP contribution in [0.4, 0.5) is 0 Å². The molecule has 2 aromatic heterocycles. The van der Waals surface area contributed by atoms with Gasteiger partial charge in [-0.3, -0.25) is 4.79 Å². The Morgan fingerprint density at radius 1 is 1.21 bits per heavy atom. The van der Waals surface area contributed by atoms with Crippen LogP contribution in [0.25, 0.3) is 22.5 Å². The molecule has 1 amide bonds. The third-order valence-electron chi connectivity index (χ3n) is 5.65. The Morgan fingerprint density at radius 2 is 2.00 bits per heavy atom. The zero-order valence-electron chi connectivity index (χ0n) is 18.7. The van der Waals surface area contributed by atoms with Crippen LogP contribution in [0.5, 0.6) is 0 Å². The number of thioether (sulfide) groups is 1. The van der Waals surface area contributed by atoms with E-state index in [0.29, 0.717) is 35.5 Å². The number of para-hydroxylation sites is 2. The fraction of sp³-hybridized carbons (Fsp3) is 0.333. The predicted molar refractivity (Wildman–Crippen MR) is 131 cm³/mol. The lowest BCUT2D eigenvalue weighted by Crippen LogP contribution is -2.34. The number of benzene rings is 2. The van der Waals surface area contributed by atoms with Crippen molar-refractivity contribution in [1.29, 1.82) is 0 Å². The second-order valence-electron chi connectivity index (χ2n) is 8.05. The Bertz CT molecular complexity index is 1300. The van der Waals surface area contributed by atoms with Crippen LogP contribution >= 0.6 is 23.4 Å². The molecule has 2 heterocycles. The van der Waals surface area contributed by atoms with Crippen LogP contribution in [0.2, 0.25) is 5.02 Å². The van der Waals surface area contributed by atoms with E-state index in [9.17, 15) is 4.79 Å². The largest absolute Gasteiger partial charge is 0.419 e. The molecule has 10 heteroatoms. The van der Waals surface area contributed by atoms with Gasteiger partial charge in [-0.1, -0.05) is 47.6 Å². The highest BCUT2D eigenvalue weighted by atomic mass is 35.5. The quantitative estimate of drug-likeness (QED) is 0.294. The van der Waals surface area contributed by atoms with Crippen molar-refractivity contribution in [1.82, 2.24) is 24.6 Å². The van der Waals surface area contributed by atoms with Crippen molar-refractivity contribution in [2.75, 3.05) is 19.5 Å². The van der Waals surface area contributed by atoms with Crippen LogP contribution < -0.4 is 0 Å². The first-order valence-corrected chi connectivity index (χ1v) is 12.4. The van der Waals surface area contributed by atoms with E-state index in [4.69, 9.17) is 25.7 Å². The lowest BCUT2D eigenvalue weighted by molar-refractivity contribution is -0.129. The summed E-state index contributed by atoms with van der Waals surface area (Å²) < 4.78 is 13.2. The van der Waals surface area contributed by atoms with E-state index in [1.165, 1.54) is 11.8 Å². The maximum absolute atomic E-state index is 13.2. The first-order valence-electron chi connectivity index (χ1n) is 11.1. The third kappa shape index (κ3) is 4.96. The molecule has 1 aliphatic rings. The van der Waals surface area contributed by atoms with E-state index >= 15 is 0 Å². The van der Waals surface area contributed by atoms with Crippen LogP contribution in [0.1, 0.15) is 18.7 Å². The molecular formula is C24H24ClN5O3S. The molecule has 1 fully saturated rings. The van der Waals surface area contributed by atoms with Crippen LogP contribution in [0.3, 0.4) is 0 Å². The molecule has 1 saturated carbocycles. The van der Waals surface area contributed by atoms with Gasteiger partial charge in [0, 0.05) is 19.7 Å². The number of methoxy groups -OCH3 is 1. The zero-order valence-corrected chi connectivity index (χ0v) is 20.3. The summed E-state index contributed by atoms with van der Waals surface area (Å²) >= 11 is 7.69. The lowest BCUT2D eigenvalue weighted by Gasteiger charge is -2.20. The Labute approximate surface area is 206 Å². The summed E-state index contributed by atoms with van der Waals surface area (Å²) in [7, 11) is 1.68. The van der Waals surface area contributed by atoms with Gasteiger partial charge in [-0.05, 0) is 37.1 Å². The van der Waals surface area contributed by atoms with Gasteiger partial charge >= 0.3 is 0 Å². The maximum Gasteiger partial charge on any atom is 0.249 e. The molecule has 2 aromatic carbocycles. The fourth-order valence-electron chi connectivity index (χ4n) is 3.79. The molecule has 0 N–H and O–H groups in total. The topological polar surface area (TPSA) is 86.3 Å². The molecule has 0 radical (unpaired) electrons. The van der Waals surface area contributed by atoms with Gasteiger partial charge < -0.3 is 18.6 Å². The molecule has 0 atom stereocenters. The first-order chi connectivity index (χ1) is 16.6. The average molecular weight is 498 g/mol. The normalized spacial score (nSPS) is 13.5. The standard InChI is InChI=1S/C24H24ClN5O3S/c1-32-13-12-29-20-9-5-4-8-19(20)26-24(29)34-15-22(31)30(16-10-11-16)14-21-27-28-23(33-21)17-6-2-3-7-18(17)25/h2-9,16H,10-15H2,1H3. The van der Waals surface area contributed by atoms with Gasteiger partial charge in [-0.2, -0.15) is 0 Å². The number of hydrogen-bond donors (Lipinski definition) is 0. The Morgan fingerprint density at radius 3 is 2.79 bits per heavy atom. The van der Waals surface area contributed by atoms with Crippen molar-refractivity contribution in [2.24, 2.45) is 0 Å². The number of imidazole rings is 1.